The molecule has 2 rings (SSSR count). The fourth-order valence-corrected chi connectivity index (χ4v) is 3.88. The highest BCUT2D eigenvalue weighted by molar-refractivity contribution is 5.58. The summed E-state index contributed by atoms with van der Waals surface area (Å²) >= 11 is 0. The van der Waals surface area contributed by atoms with Gasteiger partial charge in [-0.15, -0.1) is 0 Å². The van der Waals surface area contributed by atoms with Crippen LogP contribution in [0.5, 0.6) is 0 Å². The van der Waals surface area contributed by atoms with Gasteiger partial charge >= 0.3 is 0 Å². The van der Waals surface area contributed by atoms with E-state index >= 15 is 0 Å². The van der Waals surface area contributed by atoms with Crippen LogP contribution in [0.4, 0.5) is 11.4 Å². The zero-order valence-electron chi connectivity index (χ0n) is 17.9. The Balaban J connectivity index is 2.34. The number of para-hydroxylation sites is 2. The van der Waals surface area contributed by atoms with E-state index in [1.54, 1.807) is 0 Å². The summed E-state index contributed by atoms with van der Waals surface area (Å²) in [6.07, 6.45) is 7.01. The van der Waals surface area contributed by atoms with Gasteiger partial charge in [-0.05, 0) is 48.9 Å². The van der Waals surface area contributed by atoms with Gasteiger partial charge in [0.2, 0.25) is 0 Å². The minimum atomic E-state index is 0.961. The minimum Gasteiger partial charge on any atom is -0.354 e. The molecule has 0 aliphatic heterocycles. The van der Waals surface area contributed by atoms with Crippen LogP contribution in [-0.2, 0) is 12.8 Å². The van der Waals surface area contributed by atoms with E-state index in [9.17, 15) is 0 Å². The molecule has 0 saturated heterocycles. The maximum Gasteiger partial charge on any atom is 0.0902 e. The molecular formula is C25H38N2. The lowest BCUT2D eigenvalue weighted by molar-refractivity contribution is 0.690. The molecule has 2 nitrogen and oxygen atoms in total. The van der Waals surface area contributed by atoms with E-state index in [2.05, 4.69) is 86.0 Å². The summed E-state index contributed by atoms with van der Waals surface area (Å²) in [4.78, 5) is 5.17. The van der Waals surface area contributed by atoms with Gasteiger partial charge in [0.05, 0.1) is 6.67 Å². The number of hydrogen-bond donors (Lipinski definition) is 0. The normalized spacial score (nSPS) is 10.8. The molecule has 0 aromatic heterocycles. The Hall–Kier alpha value is -1.96. The van der Waals surface area contributed by atoms with Crippen molar-refractivity contribution in [3.05, 3.63) is 59.7 Å². The van der Waals surface area contributed by atoms with Gasteiger partial charge in [0.25, 0.3) is 0 Å². The summed E-state index contributed by atoms with van der Waals surface area (Å²) < 4.78 is 0. The zero-order valence-corrected chi connectivity index (χ0v) is 17.9. The Labute approximate surface area is 167 Å². The topological polar surface area (TPSA) is 6.48 Å². The van der Waals surface area contributed by atoms with Gasteiger partial charge in [0.1, 0.15) is 0 Å². The largest absolute Gasteiger partial charge is 0.354 e. The van der Waals surface area contributed by atoms with E-state index in [-0.39, 0.29) is 0 Å². The molecule has 0 radical (unpaired) electrons. The molecule has 0 unspecified atom stereocenters. The van der Waals surface area contributed by atoms with Gasteiger partial charge in [0, 0.05) is 24.5 Å². The van der Waals surface area contributed by atoms with Gasteiger partial charge in [-0.25, -0.2) is 0 Å². The average molecular weight is 367 g/mol. The fourth-order valence-electron chi connectivity index (χ4n) is 3.88. The first kappa shape index (κ1) is 21.3. The molecule has 2 heteroatoms. The van der Waals surface area contributed by atoms with Gasteiger partial charge in [-0.1, -0.05) is 76.9 Å². The Morgan fingerprint density at radius 1 is 0.556 bits per heavy atom. The molecular weight excluding hydrogens is 328 g/mol. The highest BCUT2D eigenvalue weighted by Crippen LogP contribution is 2.26. The predicted molar refractivity (Wildman–Crippen MR) is 121 cm³/mol. The first-order valence-electron chi connectivity index (χ1n) is 10.9. The molecule has 2 aromatic rings. The summed E-state index contributed by atoms with van der Waals surface area (Å²) in [5.74, 6) is 0. The maximum absolute atomic E-state index is 2.59. The van der Waals surface area contributed by atoms with E-state index in [0.717, 1.165) is 45.4 Å². The molecule has 0 saturated carbocycles. The predicted octanol–water partition coefficient (Wildman–Crippen LogP) is 6.68. The van der Waals surface area contributed by atoms with Crippen molar-refractivity contribution in [2.75, 3.05) is 29.6 Å². The summed E-state index contributed by atoms with van der Waals surface area (Å²) in [7, 11) is 0. The molecule has 0 N–H and O–H groups in total. The van der Waals surface area contributed by atoms with Crippen molar-refractivity contribution < 1.29 is 0 Å². The molecule has 0 atom stereocenters. The molecule has 0 aliphatic carbocycles. The summed E-state index contributed by atoms with van der Waals surface area (Å²) in [6.45, 7) is 12.3. The third-order valence-electron chi connectivity index (χ3n) is 5.03. The van der Waals surface area contributed by atoms with Crippen LogP contribution in [0.3, 0.4) is 0 Å². The quantitative estimate of drug-likeness (QED) is 0.386. The smallest absolute Gasteiger partial charge is 0.0902 e. The zero-order chi connectivity index (χ0) is 19.5. The molecule has 0 bridgehead atoms. The fraction of sp³-hybridized carbons (Fsp3) is 0.520. The van der Waals surface area contributed by atoms with Crippen LogP contribution in [0, 0.1) is 0 Å². The summed E-state index contributed by atoms with van der Waals surface area (Å²) in [5, 5.41) is 0. The lowest BCUT2D eigenvalue weighted by Crippen LogP contribution is -2.40. The molecule has 2 aromatic carbocycles. The Kier molecular flexibility index (Phi) is 9.24. The molecule has 0 spiro atoms. The Morgan fingerprint density at radius 2 is 0.963 bits per heavy atom. The summed E-state index contributed by atoms with van der Waals surface area (Å²) in [6, 6.07) is 18.0. The van der Waals surface area contributed by atoms with Crippen LogP contribution < -0.4 is 9.80 Å². The van der Waals surface area contributed by atoms with E-state index in [1.807, 2.05) is 0 Å². The van der Waals surface area contributed by atoms with E-state index < -0.39 is 0 Å². The van der Waals surface area contributed by atoms with Crippen molar-refractivity contribution in [1.82, 2.24) is 0 Å². The monoisotopic (exact) mass is 366 g/mol. The standard InChI is InChI=1S/C25H38N2/c1-5-13-22-15-9-11-17-24(22)26(19-7-3)21-27(20-8-4)25-18-12-10-16-23(25)14-6-2/h9-12,15-18H,5-8,13-14,19-21H2,1-4H3. The first-order valence-corrected chi connectivity index (χ1v) is 10.9. The average Bonchev–Trinajstić information content (AvgIpc) is 2.69. The first-order chi connectivity index (χ1) is 13.2. The highest BCUT2D eigenvalue weighted by atomic mass is 15.3. The second kappa shape index (κ2) is 11.7. The number of hydrogen-bond acceptors (Lipinski definition) is 2. The number of benzene rings is 2. The van der Waals surface area contributed by atoms with Crippen LogP contribution >= 0.6 is 0 Å². The molecule has 27 heavy (non-hydrogen) atoms. The molecule has 0 fully saturated rings. The van der Waals surface area contributed by atoms with E-state index in [4.69, 9.17) is 0 Å². The molecule has 0 amide bonds. The second-order valence-electron chi connectivity index (χ2n) is 7.43. The van der Waals surface area contributed by atoms with Crippen molar-refractivity contribution in [1.29, 1.82) is 0 Å². The van der Waals surface area contributed by atoms with Gasteiger partial charge < -0.3 is 9.80 Å². The van der Waals surface area contributed by atoms with Crippen LogP contribution in [-0.4, -0.2) is 19.8 Å². The number of aryl methyl sites for hydroxylation is 2. The maximum atomic E-state index is 2.59. The highest BCUT2D eigenvalue weighted by Gasteiger charge is 2.16. The SMILES string of the molecule is CCCc1ccccc1N(CCC)CN(CCC)c1ccccc1CCC. The molecule has 0 aliphatic rings. The summed E-state index contributed by atoms with van der Waals surface area (Å²) in [5.41, 5.74) is 5.78. The third kappa shape index (κ3) is 6.02. The molecule has 0 heterocycles. The van der Waals surface area contributed by atoms with Crippen LogP contribution in [0.25, 0.3) is 0 Å². The van der Waals surface area contributed by atoms with Crippen molar-refractivity contribution in [2.24, 2.45) is 0 Å². The lowest BCUT2D eigenvalue weighted by atomic mass is 10.1. The lowest BCUT2D eigenvalue weighted by Gasteiger charge is -2.35. The Bertz CT molecular complexity index is 607. The van der Waals surface area contributed by atoms with Crippen molar-refractivity contribution in [2.45, 2.75) is 66.2 Å². The van der Waals surface area contributed by atoms with Gasteiger partial charge in [-0.3, -0.25) is 0 Å². The van der Waals surface area contributed by atoms with Crippen LogP contribution in [0.15, 0.2) is 48.5 Å². The second-order valence-corrected chi connectivity index (χ2v) is 7.43. The van der Waals surface area contributed by atoms with Crippen molar-refractivity contribution in [3.8, 4) is 0 Å². The van der Waals surface area contributed by atoms with Crippen LogP contribution in [0.2, 0.25) is 0 Å². The van der Waals surface area contributed by atoms with Crippen molar-refractivity contribution >= 4 is 11.4 Å². The number of nitrogens with zero attached hydrogens (tertiary/aromatic N) is 2. The van der Waals surface area contributed by atoms with Crippen LogP contribution in [0.1, 0.15) is 64.5 Å². The van der Waals surface area contributed by atoms with E-state index in [1.165, 1.54) is 35.3 Å². The minimum absolute atomic E-state index is 0.961. The molecule has 148 valence electrons. The Morgan fingerprint density at radius 3 is 1.33 bits per heavy atom. The number of anilines is 2. The van der Waals surface area contributed by atoms with E-state index in [0.29, 0.717) is 0 Å². The third-order valence-corrected chi connectivity index (χ3v) is 5.03. The van der Waals surface area contributed by atoms with Gasteiger partial charge in [-0.2, -0.15) is 0 Å². The van der Waals surface area contributed by atoms with Crippen molar-refractivity contribution in [3.63, 3.8) is 0 Å². The van der Waals surface area contributed by atoms with Gasteiger partial charge in [0.15, 0.2) is 0 Å². The number of rotatable bonds is 12.